The maximum absolute atomic E-state index is 13.0. The summed E-state index contributed by atoms with van der Waals surface area (Å²) in [6.07, 6.45) is 1.51. The molecule has 0 N–H and O–H groups in total. The second kappa shape index (κ2) is 6.05. The fraction of sp³-hybridized carbons (Fsp3) is 0.333. The minimum absolute atomic E-state index is 0.0711. The highest BCUT2D eigenvalue weighted by atomic mass is 19.1. The molecule has 5 nitrogen and oxygen atoms in total. The summed E-state index contributed by atoms with van der Waals surface area (Å²) < 4.78 is 14.7. The zero-order valence-corrected chi connectivity index (χ0v) is 12.5. The number of halogens is 1. The molecule has 0 radical (unpaired) electrons. The van der Waals surface area contributed by atoms with Crippen LogP contribution in [0.25, 0.3) is 5.69 Å². The van der Waals surface area contributed by atoms with Crippen LogP contribution in [0.4, 0.5) is 4.39 Å². The first-order valence-electron chi connectivity index (χ1n) is 6.61. The Kier molecular flexibility index (Phi) is 4.37. The Morgan fingerprint density at radius 2 is 1.95 bits per heavy atom. The number of hydroxylamine groups is 2. The van der Waals surface area contributed by atoms with Gasteiger partial charge in [0, 0.05) is 7.05 Å². The molecule has 1 aromatic carbocycles. The van der Waals surface area contributed by atoms with Gasteiger partial charge in [-0.25, -0.2) is 14.1 Å². The smallest absolute Gasteiger partial charge is 0.274 e. The summed E-state index contributed by atoms with van der Waals surface area (Å²) in [4.78, 5) is 17.2. The molecule has 1 amide bonds. The van der Waals surface area contributed by atoms with Crippen LogP contribution in [0.3, 0.4) is 0 Å². The van der Waals surface area contributed by atoms with E-state index in [0.29, 0.717) is 11.3 Å². The van der Waals surface area contributed by atoms with Crippen LogP contribution in [0.1, 0.15) is 35.8 Å². The second-order valence-electron chi connectivity index (χ2n) is 4.97. The molecule has 0 saturated heterocycles. The zero-order chi connectivity index (χ0) is 15.6. The summed E-state index contributed by atoms with van der Waals surface area (Å²) in [5.74, 6) is -0.510. The molecule has 112 valence electrons. The van der Waals surface area contributed by atoms with Gasteiger partial charge in [-0.3, -0.25) is 9.63 Å². The SMILES string of the molecule is CON(C)C(=O)c1cnn(-c2ccc(F)cc2)c1C(C)C. The summed E-state index contributed by atoms with van der Waals surface area (Å²) in [5.41, 5.74) is 1.94. The molecule has 0 fully saturated rings. The number of rotatable bonds is 4. The van der Waals surface area contributed by atoms with Crippen molar-refractivity contribution in [3.05, 3.63) is 47.5 Å². The topological polar surface area (TPSA) is 47.4 Å². The Morgan fingerprint density at radius 3 is 2.48 bits per heavy atom. The molecule has 1 heterocycles. The highest BCUT2D eigenvalue weighted by Crippen LogP contribution is 2.24. The van der Waals surface area contributed by atoms with Crippen LogP contribution in [-0.2, 0) is 4.84 Å². The van der Waals surface area contributed by atoms with Crippen molar-refractivity contribution < 1.29 is 14.0 Å². The van der Waals surface area contributed by atoms with Gasteiger partial charge in [-0.1, -0.05) is 13.8 Å². The Hall–Kier alpha value is -2.21. The third kappa shape index (κ3) is 2.95. The van der Waals surface area contributed by atoms with Crippen molar-refractivity contribution in [1.82, 2.24) is 14.8 Å². The molecular formula is C15H18FN3O2. The van der Waals surface area contributed by atoms with Crippen molar-refractivity contribution in [2.75, 3.05) is 14.2 Å². The molecule has 2 aromatic rings. The van der Waals surface area contributed by atoms with Crippen LogP contribution in [0.15, 0.2) is 30.5 Å². The summed E-state index contributed by atoms with van der Waals surface area (Å²) in [6, 6.07) is 5.98. The fourth-order valence-electron chi connectivity index (χ4n) is 2.12. The lowest BCUT2D eigenvalue weighted by Gasteiger charge is -2.16. The number of aromatic nitrogens is 2. The van der Waals surface area contributed by atoms with E-state index in [1.54, 1.807) is 23.9 Å². The Morgan fingerprint density at radius 1 is 1.33 bits per heavy atom. The summed E-state index contributed by atoms with van der Waals surface area (Å²) in [5, 5.41) is 5.42. The van der Waals surface area contributed by atoms with Crippen LogP contribution in [0, 0.1) is 5.82 Å². The summed E-state index contributed by atoms with van der Waals surface area (Å²) in [6.45, 7) is 3.95. The first-order chi connectivity index (χ1) is 9.95. The molecule has 0 aliphatic heterocycles. The first-order valence-corrected chi connectivity index (χ1v) is 6.61. The number of hydrogen-bond acceptors (Lipinski definition) is 3. The monoisotopic (exact) mass is 291 g/mol. The van der Waals surface area contributed by atoms with Gasteiger partial charge in [0.05, 0.1) is 30.3 Å². The van der Waals surface area contributed by atoms with Crippen LogP contribution >= 0.6 is 0 Å². The van der Waals surface area contributed by atoms with E-state index >= 15 is 0 Å². The number of amides is 1. The van der Waals surface area contributed by atoms with E-state index in [4.69, 9.17) is 4.84 Å². The molecule has 0 unspecified atom stereocenters. The Bertz CT molecular complexity index is 635. The van der Waals surface area contributed by atoms with Crippen molar-refractivity contribution in [3.8, 4) is 5.69 Å². The van der Waals surface area contributed by atoms with Crippen molar-refractivity contribution >= 4 is 5.91 Å². The molecule has 21 heavy (non-hydrogen) atoms. The lowest BCUT2D eigenvalue weighted by molar-refractivity contribution is -0.0757. The Balaban J connectivity index is 2.51. The summed E-state index contributed by atoms with van der Waals surface area (Å²) >= 11 is 0. The molecular weight excluding hydrogens is 273 g/mol. The van der Waals surface area contributed by atoms with Crippen LogP contribution < -0.4 is 0 Å². The van der Waals surface area contributed by atoms with Gasteiger partial charge in [-0.05, 0) is 30.2 Å². The second-order valence-corrected chi connectivity index (χ2v) is 4.97. The maximum Gasteiger partial charge on any atom is 0.280 e. The molecule has 0 spiro atoms. The minimum atomic E-state index is -0.313. The zero-order valence-electron chi connectivity index (χ0n) is 12.5. The Labute approximate surface area is 122 Å². The maximum atomic E-state index is 13.0. The largest absolute Gasteiger partial charge is 0.280 e. The van der Waals surface area contributed by atoms with E-state index in [2.05, 4.69) is 5.10 Å². The highest BCUT2D eigenvalue weighted by molar-refractivity contribution is 5.94. The summed E-state index contributed by atoms with van der Waals surface area (Å²) in [7, 11) is 2.97. The number of hydrogen-bond donors (Lipinski definition) is 0. The molecule has 0 aliphatic carbocycles. The van der Waals surface area contributed by atoms with Crippen molar-refractivity contribution in [2.45, 2.75) is 19.8 Å². The van der Waals surface area contributed by atoms with Gasteiger partial charge < -0.3 is 0 Å². The van der Waals surface area contributed by atoms with Crippen LogP contribution in [0.5, 0.6) is 0 Å². The van der Waals surface area contributed by atoms with E-state index in [9.17, 15) is 9.18 Å². The van der Waals surface area contributed by atoms with Gasteiger partial charge in [0.25, 0.3) is 5.91 Å². The number of benzene rings is 1. The molecule has 2 rings (SSSR count). The van der Waals surface area contributed by atoms with Crippen molar-refractivity contribution in [1.29, 1.82) is 0 Å². The average Bonchev–Trinajstić information content (AvgIpc) is 2.91. The van der Waals surface area contributed by atoms with E-state index in [1.165, 1.54) is 25.4 Å². The van der Waals surface area contributed by atoms with Crippen LogP contribution in [-0.4, -0.2) is 34.9 Å². The third-order valence-electron chi connectivity index (χ3n) is 3.21. The molecule has 1 aromatic heterocycles. The van der Waals surface area contributed by atoms with Crippen LogP contribution in [0.2, 0.25) is 0 Å². The lowest BCUT2D eigenvalue weighted by Crippen LogP contribution is -2.26. The standard InChI is InChI=1S/C15H18FN3O2/c1-10(2)14-13(15(20)18(3)21-4)9-17-19(14)12-7-5-11(16)6-8-12/h5-10H,1-4H3. The number of nitrogens with zero attached hydrogens (tertiary/aromatic N) is 3. The molecule has 0 bridgehead atoms. The van der Waals surface area contributed by atoms with E-state index in [0.717, 1.165) is 10.8 Å². The van der Waals surface area contributed by atoms with E-state index in [-0.39, 0.29) is 17.6 Å². The van der Waals surface area contributed by atoms with Gasteiger partial charge >= 0.3 is 0 Å². The first kappa shape index (κ1) is 15.2. The lowest BCUT2D eigenvalue weighted by atomic mass is 10.1. The average molecular weight is 291 g/mol. The molecule has 0 atom stereocenters. The third-order valence-corrected chi connectivity index (χ3v) is 3.21. The van der Waals surface area contributed by atoms with Crippen molar-refractivity contribution in [3.63, 3.8) is 0 Å². The molecule has 0 saturated carbocycles. The quantitative estimate of drug-likeness (QED) is 0.814. The van der Waals surface area contributed by atoms with Gasteiger partial charge in [0.15, 0.2) is 0 Å². The predicted octanol–water partition coefficient (Wildman–Crippen LogP) is 2.77. The normalized spacial score (nSPS) is 11.0. The van der Waals surface area contributed by atoms with E-state index < -0.39 is 0 Å². The van der Waals surface area contributed by atoms with Gasteiger partial charge in [-0.2, -0.15) is 5.10 Å². The fourth-order valence-corrected chi connectivity index (χ4v) is 2.12. The predicted molar refractivity (Wildman–Crippen MR) is 76.7 cm³/mol. The van der Waals surface area contributed by atoms with Gasteiger partial charge in [0.2, 0.25) is 0 Å². The number of carbonyl (C=O) groups excluding carboxylic acids is 1. The highest BCUT2D eigenvalue weighted by Gasteiger charge is 2.23. The van der Waals surface area contributed by atoms with Gasteiger partial charge in [-0.15, -0.1) is 0 Å². The van der Waals surface area contributed by atoms with Gasteiger partial charge in [0.1, 0.15) is 5.82 Å². The molecule has 6 heteroatoms. The van der Waals surface area contributed by atoms with E-state index in [1.807, 2.05) is 13.8 Å². The molecule has 0 aliphatic rings. The number of carbonyl (C=O) groups is 1. The minimum Gasteiger partial charge on any atom is -0.274 e. The van der Waals surface area contributed by atoms with Crippen molar-refractivity contribution in [2.24, 2.45) is 0 Å².